The maximum absolute atomic E-state index is 12.2. The molecule has 0 amide bonds. The summed E-state index contributed by atoms with van der Waals surface area (Å²) >= 11 is 0. The number of anilines is 1. The van der Waals surface area contributed by atoms with E-state index in [-0.39, 0.29) is 17.8 Å². The van der Waals surface area contributed by atoms with Crippen LogP contribution >= 0.6 is 0 Å². The van der Waals surface area contributed by atoms with Crippen LogP contribution in [0, 0.1) is 0 Å². The summed E-state index contributed by atoms with van der Waals surface area (Å²) in [6, 6.07) is 1.19. The van der Waals surface area contributed by atoms with Crippen molar-refractivity contribution in [3.8, 4) is 0 Å². The van der Waals surface area contributed by atoms with Crippen molar-refractivity contribution in [2.24, 2.45) is 5.73 Å². The molecule has 66 valence electrons. The largest absolute Gasteiger partial charge is 0.397 e. The van der Waals surface area contributed by atoms with E-state index in [4.69, 9.17) is 11.5 Å². The summed E-state index contributed by atoms with van der Waals surface area (Å²) in [5.74, 6) is 0. The van der Waals surface area contributed by atoms with E-state index in [1.54, 1.807) is 0 Å². The van der Waals surface area contributed by atoms with E-state index < -0.39 is 6.43 Å². The van der Waals surface area contributed by atoms with E-state index in [2.05, 4.69) is 4.98 Å². The number of nitrogen functional groups attached to an aromatic ring is 1. The lowest BCUT2D eigenvalue weighted by Gasteiger charge is -2.06. The molecule has 0 aliphatic carbocycles. The summed E-state index contributed by atoms with van der Waals surface area (Å²) < 4.78 is 24.4. The van der Waals surface area contributed by atoms with Crippen molar-refractivity contribution in [2.75, 3.05) is 5.73 Å². The maximum Gasteiger partial charge on any atom is 0.265 e. The van der Waals surface area contributed by atoms with Crippen LogP contribution in [0.5, 0.6) is 0 Å². The van der Waals surface area contributed by atoms with Crippen LogP contribution in [0.25, 0.3) is 0 Å². The molecule has 3 nitrogen and oxygen atoms in total. The number of hydrogen-bond acceptors (Lipinski definition) is 3. The highest BCUT2D eigenvalue weighted by Crippen LogP contribution is 2.25. The van der Waals surface area contributed by atoms with Crippen LogP contribution in [0.15, 0.2) is 12.3 Å². The quantitative estimate of drug-likeness (QED) is 0.702. The number of alkyl halides is 2. The Bertz CT molecular complexity index is 275. The Morgan fingerprint density at radius 2 is 2.17 bits per heavy atom. The molecule has 0 saturated heterocycles. The van der Waals surface area contributed by atoms with Crippen molar-refractivity contribution in [1.29, 1.82) is 0 Å². The Morgan fingerprint density at radius 1 is 1.50 bits per heavy atom. The molecule has 1 heterocycles. The third-order valence-corrected chi connectivity index (χ3v) is 1.53. The number of nitrogens with zero attached hydrogens (tertiary/aromatic N) is 1. The molecule has 0 bridgehead atoms. The highest BCUT2D eigenvalue weighted by molar-refractivity contribution is 5.50. The Hall–Kier alpha value is -1.23. The van der Waals surface area contributed by atoms with Crippen LogP contribution in [0.2, 0.25) is 0 Å². The molecule has 0 saturated carbocycles. The van der Waals surface area contributed by atoms with Crippen LogP contribution in [0.4, 0.5) is 14.5 Å². The molecular weight excluding hydrogens is 164 g/mol. The molecule has 4 N–H and O–H groups in total. The highest BCUT2D eigenvalue weighted by Gasteiger charge is 2.13. The van der Waals surface area contributed by atoms with Gasteiger partial charge in [0, 0.05) is 18.3 Å². The minimum Gasteiger partial charge on any atom is -0.397 e. The molecule has 0 aliphatic heterocycles. The first-order valence-corrected chi connectivity index (χ1v) is 3.38. The summed E-state index contributed by atoms with van der Waals surface area (Å²) in [6.45, 7) is 0.0758. The number of pyridine rings is 1. The second kappa shape index (κ2) is 3.44. The van der Waals surface area contributed by atoms with Gasteiger partial charge in [-0.15, -0.1) is 0 Å². The van der Waals surface area contributed by atoms with Crippen LogP contribution in [0.3, 0.4) is 0 Å². The van der Waals surface area contributed by atoms with Crippen molar-refractivity contribution in [3.63, 3.8) is 0 Å². The van der Waals surface area contributed by atoms with Gasteiger partial charge in [0.25, 0.3) is 6.43 Å². The Kier molecular flexibility index (Phi) is 2.54. The number of nitrogens with two attached hydrogens (primary N) is 2. The molecular formula is C7H9F2N3. The lowest BCUT2D eigenvalue weighted by Crippen LogP contribution is -2.07. The monoisotopic (exact) mass is 173 g/mol. The van der Waals surface area contributed by atoms with E-state index in [0.29, 0.717) is 5.69 Å². The molecule has 0 fully saturated rings. The van der Waals surface area contributed by atoms with Gasteiger partial charge in [0.2, 0.25) is 0 Å². The summed E-state index contributed by atoms with van der Waals surface area (Å²) in [5, 5.41) is 0. The summed E-state index contributed by atoms with van der Waals surface area (Å²) in [4.78, 5) is 3.76. The summed E-state index contributed by atoms with van der Waals surface area (Å²) in [7, 11) is 0. The fourth-order valence-electron chi connectivity index (χ4n) is 0.886. The zero-order valence-corrected chi connectivity index (χ0v) is 6.30. The number of rotatable bonds is 2. The fourth-order valence-corrected chi connectivity index (χ4v) is 0.886. The zero-order valence-electron chi connectivity index (χ0n) is 6.30. The number of halogens is 2. The van der Waals surface area contributed by atoms with Crippen molar-refractivity contribution < 1.29 is 8.78 Å². The molecule has 0 spiro atoms. The topological polar surface area (TPSA) is 64.9 Å². The van der Waals surface area contributed by atoms with Gasteiger partial charge in [-0.25, -0.2) is 8.78 Å². The van der Waals surface area contributed by atoms with E-state index >= 15 is 0 Å². The molecule has 5 heteroatoms. The van der Waals surface area contributed by atoms with Gasteiger partial charge in [0.1, 0.15) is 0 Å². The van der Waals surface area contributed by atoms with E-state index in [1.807, 2.05) is 0 Å². The van der Waals surface area contributed by atoms with Gasteiger partial charge in [-0.2, -0.15) is 0 Å². The predicted molar refractivity (Wildman–Crippen MR) is 41.5 cm³/mol. The number of aromatic nitrogens is 1. The fraction of sp³-hybridized carbons (Fsp3) is 0.286. The van der Waals surface area contributed by atoms with Crippen LogP contribution in [0.1, 0.15) is 17.7 Å². The molecule has 0 unspecified atom stereocenters. The van der Waals surface area contributed by atoms with Gasteiger partial charge in [-0.3, -0.25) is 4.98 Å². The highest BCUT2D eigenvalue weighted by atomic mass is 19.3. The first-order valence-electron chi connectivity index (χ1n) is 3.38. The van der Waals surface area contributed by atoms with Crippen LogP contribution < -0.4 is 11.5 Å². The third-order valence-electron chi connectivity index (χ3n) is 1.53. The molecule has 0 aliphatic rings. The predicted octanol–water partition coefficient (Wildman–Crippen LogP) is 1.06. The molecule has 1 aromatic rings. The van der Waals surface area contributed by atoms with Gasteiger partial charge in [0.05, 0.1) is 11.4 Å². The van der Waals surface area contributed by atoms with Gasteiger partial charge in [-0.05, 0) is 6.07 Å². The minimum absolute atomic E-state index is 0.00463. The van der Waals surface area contributed by atoms with Gasteiger partial charge < -0.3 is 11.5 Å². The van der Waals surface area contributed by atoms with Gasteiger partial charge in [0.15, 0.2) is 0 Å². The zero-order chi connectivity index (χ0) is 9.14. The Labute approximate surface area is 68.4 Å². The van der Waals surface area contributed by atoms with E-state index in [0.717, 1.165) is 0 Å². The lowest BCUT2D eigenvalue weighted by atomic mass is 10.2. The first kappa shape index (κ1) is 8.86. The van der Waals surface area contributed by atoms with Crippen LogP contribution in [-0.2, 0) is 6.54 Å². The van der Waals surface area contributed by atoms with Crippen molar-refractivity contribution in [3.05, 3.63) is 23.5 Å². The normalized spacial score (nSPS) is 10.7. The maximum atomic E-state index is 12.2. The number of hydrogen-bond donors (Lipinski definition) is 2. The smallest absolute Gasteiger partial charge is 0.265 e. The molecule has 1 rings (SSSR count). The van der Waals surface area contributed by atoms with Crippen molar-refractivity contribution >= 4 is 5.69 Å². The van der Waals surface area contributed by atoms with E-state index in [9.17, 15) is 8.78 Å². The first-order chi connectivity index (χ1) is 5.66. The van der Waals surface area contributed by atoms with Crippen LogP contribution in [-0.4, -0.2) is 4.98 Å². The average Bonchev–Trinajstić information content (AvgIpc) is 2.04. The molecule has 0 radical (unpaired) electrons. The Balaban J connectivity index is 3.14. The Morgan fingerprint density at radius 3 is 2.67 bits per heavy atom. The molecule has 12 heavy (non-hydrogen) atoms. The minimum atomic E-state index is -2.57. The van der Waals surface area contributed by atoms with E-state index in [1.165, 1.54) is 12.3 Å². The van der Waals surface area contributed by atoms with Gasteiger partial charge >= 0.3 is 0 Å². The summed E-state index contributed by atoms with van der Waals surface area (Å²) in [5.41, 5.74) is 10.7. The lowest BCUT2D eigenvalue weighted by molar-refractivity contribution is 0.152. The van der Waals surface area contributed by atoms with Gasteiger partial charge in [-0.1, -0.05) is 0 Å². The third kappa shape index (κ3) is 1.50. The second-order valence-electron chi connectivity index (χ2n) is 2.27. The molecule has 1 aromatic heterocycles. The van der Waals surface area contributed by atoms with Crippen molar-refractivity contribution in [1.82, 2.24) is 4.98 Å². The SMILES string of the molecule is NCc1nccc(C(F)F)c1N. The molecule has 0 atom stereocenters. The average molecular weight is 173 g/mol. The second-order valence-corrected chi connectivity index (χ2v) is 2.27. The van der Waals surface area contributed by atoms with Crippen molar-refractivity contribution in [2.45, 2.75) is 13.0 Å². The molecule has 0 aromatic carbocycles. The summed E-state index contributed by atoms with van der Waals surface area (Å²) in [6.07, 6.45) is -1.29. The standard InChI is InChI=1S/C7H9F2N3/c8-7(9)4-1-2-12-5(3-10)6(4)11/h1-2,7H,3,10-11H2.